The Kier molecular flexibility index (Phi) is 3.80. The van der Waals surface area contributed by atoms with Crippen LogP contribution in [0.5, 0.6) is 0 Å². The molecule has 1 saturated heterocycles. The number of hydrogen-bond acceptors (Lipinski definition) is 1. The molecular weight excluding hydrogens is 146 g/mol. The molecule has 0 aromatic carbocycles. The van der Waals surface area contributed by atoms with Crippen molar-refractivity contribution >= 4 is 0 Å². The molecule has 1 aliphatic rings. The first-order chi connectivity index (χ1) is 5.75. The maximum atomic E-state index is 3.45. The Labute approximate surface area is 76.2 Å². The van der Waals surface area contributed by atoms with E-state index in [1.54, 1.807) is 11.1 Å². The second-order valence-electron chi connectivity index (χ2n) is 3.92. The molecule has 0 radical (unpaired) electrons. The van der Waals surface area contributed by atoms with Gasteiger partial charge in [0.05, 0.1) is 0 Å². The molecule has 1 nitrogen and oxygen atoms in total. The van der Waals surface area contributed by atoms with Gasteiger partial charge in [-0.15, -0.1) is 0 Å². The van der Waals surface area contributed by atoms with Crippen LogP contribution in [0.15, 0.2) is 11.1 Å². The molecule has 1 heterocycles. The lowest BCUT2D eigenvalue weighted by atomic mass is 9.91. The summed E-state index contributed by atoms with van der Waals surface area (Å²) >= 11 is 0. The Morgan fingerprint density at radius 3 is 2.67 bits per heavy atom. The number of nitrogens with one attached hydrogen (secondary N) is 1. The minimum atomic E-state index is 0.741. The molecule has 0 bridgehead atoms. The summed E-state index contributed by atoms with van der Waals surface area (Å²) in [6, 6.07) is 0. The van der Waals surface area contributed by atoms with Crippen molar-refractivity contribution in [2.45, 2.75) is 40.0 Å². The molecule has 0 unspecified atom stereocenters. The van der Waals surface area contributed by atoms with E-state index in [0.29, 0.717) is 0 Å². The van der Waals surface area contributed by atoms with Gasteiger partial charge in [0.25, 0.3) is 0 Å². The third kappa shape index (κ3) is 2.34. The lowest BCUT2D eigenvalue weighted by molar-refractivity contribution is 0.583. The Hall–Kier alpha value is -0.300. The van der Waals surface area contributed by atoms with Crippen LogP contribution >= 0.6 is 0 Å². The van der Waals surface area contributed by atoms with Gasteiger partial charge in [-0.3, -0.25) is 0 Å². The maximum absolute atomic E-state index is 3.45. The van der Waals surface area contributed by atoms with Crippen molar-refractivity contribution in [2.24, 2.45) is 5.92 Å². The predicted octanol–water partition coefficient (Wildman–Crippen LogP) is 2.73. The van der Waals surface area contributed by atoms with Crippen LogP contribution in [-0.2, 0) is 0 Å². The summed E-state index contributed by atoms with van der Waals surface area (Å²) in [5.74, 6) is 0.741. The van der Waals surface area contributed by atoms with Crippen LogP contribution in [0.3, 0.4) is 0 Å². The fourth-order valence-corrected chi connectivity index (χ4v) is 2.10. The van der Waals surface area contributed by atoms with Crippen LogP contribution in [-0.4, -0.2) is 13.1 Å². The van der Waals surface area contributed by atoms with E-state index in [1.165, 1.54) is 25.8 Å². The third-order valence-corrected chi connectivity index (χ3v) is 2.70. The largest absolute Gasteiger partial charge is 0.313 e. The molecule has 70 valence electrons. The lowest BCUT2D eigenvalue weighted by Crippen LogP contribution is -2.25. The molecule has 1 fully saturated rings. The summed E-state index contributed by atoms with van der Waals surface area (Å²) in [7, 11) is 0. The van der Waals surface area contributed by atoms with Crippen LogP contribution in [0.1, 0.15) is 40.0 Å². The molecule has 0 aliphatic carbocycles. The summed E-state index contributed by atoms with van der Waals surface area (Å²) in [6.07, 6.45) is 3.88. The van der Waals surface area contributed by atoms with E-state index in [2.05, 4.69) is 26.1 Å². The number of allylic oxidation sites excluding steroid dienone is 1. The van der Waals surface area contributed by atoms with Crippen molar-refractivity contribution in [1.82, 2.24) is 5.32 Å². The SMILES string of the molecule is CC/C(=C1\CCCNC1)C(C)C. The van der Waals surface area contributed by atoms with Gasteiger partial charge in [0.15, 0.2) is 0 Å². The Morgan fingerprint density at radius 2 is 2.25 bits per heavy atom. The van der Waals surface area contributed by atoms with E-state index in [4.69, 9.17) is 0 Å². The van der Waals surface area contributed by atoms with Gasteiger partial charge in [-0.1, -0.05) is 31.9 Å². The van der Waals surface area contributed by atoms with Gasteiger partial charge in [-0.25, -0.2) is 0 Å². The predicted molar refractivity (Wildman–Crippen MR) is 54.3 cm³/mol. The van der Waals surface area contributed by atoms with Crippen molar-refractivity contribution in [3.63, 3.8) is 0 Å². The minimum Gasteiger partial charge on any atom is -0.313 e. The van der Waals surface area contributed by atoms with Crippen LogP contribution in [0.2, 0.25) is 0 Å². The minimum absolute atomic E-state index is 0.741. The van der Waals surface area contributed by atoms with Crippen LogP contribution in [0, 0.1) is 5.92 Å². The highest BCUT2D eigenvalue weighted by molar-refractivity contribution is 5.18. The van der Waals surface area contributed by atoms with Crippen LogP contribution in [0.25, 0.3) is 0 Å². The zero-order valence-corrected chi connectivity index (χ0v) is 8.61. The highest BCUT2D eigenvalue weighted by Gasteiger charge is 2.11. The highest BCUT2D eigenvalue weighted by Crippen LogP contribution is 2.22. The molecule has 12 heavy (non-hydrogen) atoms. The average Bonchev–Trinajstić information content (AvgIpc) is 2.07. The first-order valence-corrected chi connectivity index (χ1v) is 5.17. The van der Waals surface area contributed by atoms with E-state index in [0.717, 1.165) is 12.5 Å². The van der Waals surface area contributed by atoms with Gasteiger partial charge in [0.1, 0.15) is 0 Å². The monoisotopic (exact) mass is 167 g/mol. The first kappa shape index (κ1) is 9.79. The van der Waals surface area contributed by atoms with Crippen molar-refractivity contribution < 1.29 is 0 Å². The molecule has 0 aromatic rings. The topological polar surface area (TPSA) is 12.0 Å². The van der Waals surface area contributed by atoms with Gasteiger partial charge in [0.2, 0.25) is 0 Å². The maximum Gasteiger partial charge on any atom is 0.0167 e. The number of rotatable bonds is 2. The zero-order chi connectivity index (χ0) is 8.97. The normalized spacial score (nSPS) is 23.0. The summed E-state index contributed by atoms with van der Waals surface area (Å²) in [6.45, 7) is 9.23. The molecule has 1 rings (SSSR count). The summed E-state index contributed by atoms with van der Waals surface area (Å²) < 4.78 is 0. The first-order valence-electron chi connectivity index (χ1n) is 5.17. The van der Waals surface area contributed by atoms with Gasteiger partial charge in [-0.05, 0) is 31.7 Å². The summed E-state index contributed by atoms with van der Waals surface area (Å²) in [4.78, 5) is 0. The lowest BCUT2D eigenvalue weighted by Gasteiger charge is -2.21. The standard InChI is InChI=1S/C11H21N/c1-4-11(9(2)3)10-6-5-7-12-8-10/h9,12H,4-8H2,1-3H3/b11-10-. The molecule has 1 heteroatoms. The van der Waals surface area contributed by atoms with E-state index < -0.39 is 0 Å². The van der Waals surface area contributed by atoms with Gasteiger partial charge in [0, 0.05) is 6.54 Å². The Balaban J connectivity index is 2.68. The molecule has 1 aliphatic heterocycles. The summed E-state index contributed by atoms with van der Waals surface area (Å²) in [5.41, 5.74) is 3.36. The van der Waals surface area contributed by atoms with Crippen molar-refractivity contribution in [3.05, 3.63) is 11.1 Å². The second-order valence-corrected chi connectivity index (χ2v) is 3.92. The highest BCUT2D eigenvalue weighted by atomic mass is 14.9. The smallest absolute Gasteiger partial charge is 0.0167 e. The van der Waals surface area contributed by atoms with E-state index >= 15 is 0 Å². The Bertz CT molecular complexity index is 160. The van der Waals surface area contributed by atoms with Crippen molar-refractivity contribution in [3.8, 4) is 0 Å². The van der Waals surface area contributed by atoms with E-state index in [-0.39, 0.29) is 0 Å². The van der Waals surface area contributed by atoms with Gasteiger partial charge >= 0.3 is 0 Å². The third-order valence-electron chi connectivity index (χ3n) is 2.70. The summed E-state index contributed by atoms with van der Waals surface area (Å²) in [5, 5.41) is 3.45. The molecular formula is C11H21N. The molecule has 0 aromatic heterocycles. The van der Waals surface area contributed by atoms with Crippen molar-refractivity contribution in [1.29, 1.82) is 0 Å². The van der Waals surface area contributed by atoms with Crippen molar-refractivity contribution in [2.75, 3.05) is 13.1 Å². The molecule has 0 atom stereocenters. The van der Waals surface area contributed by atoms with E-state index in [9.17, 15) is 0 Å². The fraction of sp³-hybridized carbons (Fsp3) is 0.818. The molecule has 0 amide bonds. The van der Waals surface area contributed by atoms with Crippen LogP contribution < -0.4 is 5.32 Å². The fourth-order valence-electron chi connectivity index (χ4n) is 2.10. The molecule has 1 N–H and O–H groups in total. The quantitative estimate of drug-likeness (QED) is 0.624. The van der Waals surface area contributed by atoms with Gasteiger partial charge in [-0.2, -0.15) is 0 Å². The van der Waals surface area contributed by atoms with Crippen LogP contribution in [0.4, 0.5) is 0 Å². The number of hydrogen-bond donors (Lipinski definition) is 1. The second kappa shape index (κ2) is 4.66. The molecule has 0 saturated carbocycles. The number of piperidine rings is 1. The Morgan fingerprint density at radius 1 is 1.50 bits per heavy atom. The van der Waals surface area contributed by atoms with Gasteiger partial charge < -0.3 is 5.32 Å². The molecule has 0 spiro atoms. The van der Waals surface area contributed by atoms with E-state index in [1.807, 2.05) is 0 Å². The zero-order valence-electron chi connectivity index (χ0n) is 8.61. The average molecular weight is 167 g/mol.